The number of aromatic nitrogens is 1. The van der Waals surface area contributed by atoms with Gasteiger partial charge in [-0.15, -0.1) is 4.36 Å². The number of nitrogens with zero attached hydrogens (tertiary/aromatic N) is 4. The summed E-state index contributed by atoms with van der Waals surface area (Å²) in [6.07, 6.45) is 9.97. The predicted octanol–water partition coefficient (Wildman–Crippen LogP) is 5.06. The minimum absolute atomic E-state index is 0.0155. The fraction of sp³-hybridized carbons (Fsp3) is 0.595. The molecule has 264 valence electrons. The van der Waals surface area contributed by atoms with Crippen LogP contribution in [-0.4, -0.2) is 91.0 Å². The lowest BCUT2D eigenvalue weighted by Gasteiger charge is -2.45. The Balaban J connectivity index is 1.28. The Morgan fingerprint density at radius 2 is 1.96 bits per heavy atom. The number of carbonyl (C=O) groups excluding carboxylic acids is 2. The van der Waals surface area contributed by atoms with Crippen LogP contribution in [0, 0.1) is 24.7 Å². The Labute approximate surface area is 290 Å². The summed E-state index contributed by atoms with van der Waals surface area (Å²) in [5.74, 6) is 1.11. The molecule has 7 rings (SSSR count). The van der Waals surface area contributed by atoms with Crippen LogP contribution in [0.1, 0.15) is 66.2 Å². The summed E-state index contributed by atoms with van der Waals surface area (Å²) in [5.41, 5.74) is 3.82. The summed E-state index contributed by atoms with van der Waals surface area (Å²) in [7, 11) is -0.132. The zero-order chi connectivity index (χ0) is 34.3. The van der Waals surface area contributed by atoms with E-state index in [1.165, 1.54) is 21.6 Å². The topological polar surface area (TPSA) is 123 Å². The Kier molecular flexibility index (Phi) is 9.49. The maximum Gasteiger partial charge on any atom is 0.330 e. The van der Waals surface area contributed by atoms with Crippen LogP contribution < -0.4 is 14.4 Å². The molecule has 1 unspecified atom stereocenters. The second-order valence-electron chi connectivity index (χ2n) is 14.8. The van der Waals surface area contributed by atoms with Gasteiger partial charge < -0.3 is 24.0 Å². The van der Waals surface area contributed by atoms with E-state index in [4.69, 9.17) is 19.2 Å². The van der Waals surface area contributed by atoms with Crippen molar-refractivity contribution < 1.29 is 28.0 Å². The van der Waals surface area contributed by atoms with Crippen molar-refractivity contribution in [2.45, 2.75) is 70.0 Å². The van der Waals surface area contributed by atoms with Gasteiger partial charge in [-0.25, -0.2) is 14.0 Å². The average molecular weight is 692 g/mol. The van der Waals surface area contributed by atoms with E-state index in [1.54, 1.807) is 26.4 Å². The third kappa shape index (κ3) is 6.83. The minimum atomic E-state index is -3.49. The van der Waals surface area contributed by atoms with E-state index in [-0.39, 0.29) is 35.0 Å². The SMILES string of the molecule is COC1CN(C(=O)NS2(=O)=NC(=O)c3ccc4c(n3)N(C[C@@H]3CC[C@H]3[C@@H](OC)/C=C/C[C@H](C)C2)C[C@@]2(CCCc3cc(C)ccc32)CO4)C1. The quantitative estimate of drug-likeness (QED) is 0.444. The molecule has 3 amide bonds. The van der Waals surface area contributed by atoms with Crippen LogP contribution in [0.5, 0.6) is 5.75 Å². The third-order valence-corrected chi connectivity index (χ3v) is 13.2. The van der Waals surface area contributed by atoms with E-state index in [9.17, 15) is 13.8 Å². The molecule has 6 atom stereocenters. The number of methoxy groups -OCH3 is 2. The molecule has 1 spiro atoms. The number of urea groups is 1. The predicted molar refractivity (Wildman–Crippen MR) is 188 cm³/mol. The number of aryl methyl sites for hydroxylation is 2. The first-order chi connectivity index (χ1) is 23.6. The van der Waals surface area contributed by atoms with Gasteiger partial charge in [-0.3, -0.25) is 9.52 Å². The van der Waals surface area contributed by atoms with Crippen LogP contribution in [0.2, 0.25) is 0 Å². The summed E-state index contributed by atoms with van der Waals surface area (Å²) < 4.78 is 39.2. The van der Waals surface area contributed by atoms with Crippen molar-refractivity contribution in [1.29, 1.82) is 0 Å². The van der Waals surface area contributed by atoms with Gasteiger partial charge in [-0.2, -0.15) is 0 Å². The molecule has 1 saturated heterocycles. The largest absolute Gasteiger partial charge is 0.489 e. The lowest BCUT2D eigenvalue weighted by atomic mass is 9.68. The van der Waals surface area contributed by atoms with Crippen LogP contribution in [0.15, 0.2) is 46.8 Å². The highest BCUT2D eigenvalue weighted by atomic mass is 32.2. The summed E-state index contributed by atoms with van der Waals surface area (Å²) in [6.45, 7) is 6.84. The van der Waals surface area contributed by atoms with Gasteiger partial charge in [-0.1, -0.05) is 42.8 Å². The zero-order valence-electron chi connectivity index (χ0n) is 29.1. The molecule has 2 aromatic rings. The number of ether oxygens (including phenoxy) is 3. The van der Waals surface area contributed by atoms with Gasteiger partial charge in [0.1, 0.15) is 15.6 Å². The van der Waals surface area contributed by atoms with Crippen LogP contribution >= 0.6 is 0 Å². The van der Waals surface area contributed by atoms with Crippen LogP contribution in [-0.2, 0) is 31.2 Å². The van der Waals surface area contributed by atoms with Crippen molar-refractivity contribution in [2.24, 2.45) is 22.1 Å². The molecular formula is C37H49N5O6S. The maximum absolute atomic E-state index is 14.4. The van der Waals surface area contributed by atoms with Crippen LogP contribution in [0.3, 0.4) is 0 Å². The Hall–Kier alpha value is -3.48. The van der Waals surface area contributed by atoms with Gasteiger partial charge in [0.05, 0.1) is 37.7 Å². The van der Waals surface area contributed by atoms with Crippen molar-refractivity contribution in [3.05, 3.63) is 64.9 Å². The van der Waals surface area contributed by atoms with Crippen molar-refractivity contribution in [3.8, 4) is 5.75 Å². The molecule has 3 aliphatic heterocycles. The molecule has 1 N–H and O–H groups in total. The number of anilines is 1. The molecule has 49 heavy (non-hydrogen) atoms. The fourth-order valence-electron chi connectivity index (χ4n) is 8.33. The van der Waals surface area contributed by atoms with E-state index in [0.29, 0.717) is 56.1 Å². The molecule has 4 heterocycles. The van der Waals surface area contributed by atoms with Crippen LogP contribution in [0.25, 0.3) is 0 Å². The summed E-state index contributed by atoms with van der Waals surface area (Å²) in [4.78, 5) is 35.7. The van der Waals surface area contributed by atoms with Gasteiger partial charge in [0.2, 0.25) is 0 Å². The normalized spacial score (nSPS) is 32.4. The summed E-state index contributed by atoms with van der Waals surface area (Å²) in [6, 6.07) is 9.66. The van der Waals surface area contributed by atoms with Crippen molar-refractivity contribution in [3.63, 3.8) is 0 Å². The average Bonchev–Trinajstić information content (AvgIpc) is 3.18. The Bertz CT molecular complexity index is 1750. The standard InChI is InChI=1S/C37H49N5O6S/c1-24-10-13-30-26(17-24)8-6-16-37(30)22-42-18-27-11-12-29(27)32(47-4)9-5-7-25(2)21-49(45,40-36(44)41-19-28(20-41)46-3)39-35(43)31-14-15-33(48-23-37)34(42)38-31/h5,9-10,13-15,17,25,27-29,32H,6-8,11-12,16,18-23H2,1-4H3,(H,39,40,43,44,45)/b9-5+/t25-,27-,29+,32-,37-,49?/m0/s1. The second-order valence-corrected chi connectivity index (χ2v) is 16.8. The summed E-state index contributed by atoms with van der Waals surface area (Å²) >= 11 is 0. The number of fused-ring (bicyclic) bond motifs is 4. The van der Waals surface area contributed by atoms with Gasteiger partial charge >= 0.3 is 11.9 Å². The Morgan fingerprint density at radius 1 is 1.12 bits per heavy atom. The number of nitrogens with one attached hydrogen (secondary N) is 1. The minimum Gasteiger partial charge on any atom is -0.489 e. The highest BCUT2D eigenvalue weighted by Crippen LogP contribution is 2.46. The first-order valence-electron chi connectivity index (χ1n) is 17.7. The molecular weight excluding hydrogens is 643 g/mol. The number of benzene rings is 1. The van der Waals surface area contributed by atoms with Crippen molar-refractivity contribution >= 4 is 27.7 Å². The lowest BCUT2D eigenvalue weighted by molar-refractivity contribution is -0.00645. The zero-order valence-corrected chi connectivity index (χ0v) is 29.9. The molecule has 0 radical (unpaired) electrons. The Morgan fingerprint density at radius 3 is 2.71 bits per heavy atom. The van der Waals surface area contributed by atoms with Gasteiger partial charge in [0, 0.05) is 32.7 Å². The van der Waals surface area contributed by atoms with Gasteiger partial charge in [-0.05, 0) is 86.5 Å². The number of hydrogen-bond acceptors (Lipinski definition) is 8. The lowest BCUT2D eigenvalue weighted by Crippen LogP contribution is -2.58. The van der Waals surface area contributed by atoms with E-state index >= 15 is 0 Å². The van der Waals surface area contributed by atoms with Crippen molar-refractivity contribution in [2.75, 3.05) is 57.7 Å². The number of amides is 3. The number of allylic oxidation sites excluding steroid dienone is 1. The van der Waals surface area contributed by atoms with E-state index in [2.05, 4.69) is 51.3 Å². The first kappa shape index (κ1) is 34.0. The van der Waals surface area contributed by atoms with Crippen LogP contribution in [0.4, 0.5) is 10.6 Å². The molecule has 11 nitrogen and oxygen atoms in total. The number of rotatable bonds is 3. The molecule has 1 aromatic heterocycles. The summed E-state index contributed by atoms with van der Waals surface area (Å²) in [5, 5.41) is 0. The van der Waals surface area contributed by atoms with E-state index in [1.807, 2.05) is 6.92 Å². The highest BCUT2D eigenvalue weighted by Gasteiger charge is 2.45. The molecule has 2 bridgehead atoms. The number of pyridine rings is 1. The number of carbonyl (C=O) groups is 2. The molecule has 12 heteroatoms. The van der Waals surface area contributed by atoms with E-state index in [0.717, 1.165) is 38.6 Å². The molecule has 2 fully saturated rings. The maximum atomic E-state index is 14.4. The molecule has 1 saturated carbocycles. The number of hydrogen-bond donors (Lipinski definition) is 1. The highest BCUT2D eigenvalue weighted by molar-refractivity contribution is 7.92. The number of likely N-dealkylation sites (tertiary alicyclic amines) is 1. The van der Waals surface area contributed by atoms with Gasteiger partial charge in [0.25, 0.3) is 0 Å². The fourth-order valence-corrected chi connectivity index (χ4v) is 10.2. The van der Waals surface area contributed by atoms with E-state index < -0.39 is 21.9 Å². The first-order valence-corrected chi connectivity index (χ1v) is 19.3. The molecule has 2 aliphatic carbocycles. The molecule has 1 aromatic carbocycles. The molecule has 5 aliphatic rings. The second kappa shape index (κ2) is 13.7. The monoisotopic (exact) mass is 691 g/mol. The smallest absolute Gasteiger partial charge is 0.330 e. The van der Waals surface area contributed by atoms with Crippen molar-refractivity contribution in [1.82, 2.24) is 14.6 Å². The third-order valence-electron chi connectivity index (χ3n) is 11.2. The van der Waals surface area contributed by atoms with Gasteiger partial charge in [0.15, 0.2) is 11.6 Å².